The quantitative estimate of drug-likeness (QED) is 0.507. The molecule has 1 aliphatic heterocycles. The third kappa shape index (κ3) is 4.57. The predicted molar refractivity (Wildman–Crippen MR) is 121 cm³/mol. The summed E-state index contributed by atoms with van der Waals surface area (Å²) in [5.74, 6) is -1.72. The minimum Gasteiger partial charge on any atom is -0.334 e. The van der Waals surface area contributed by atoms with Crippen LogP contribution in [0.5, 0.6) is 0 Å². The monoisotopic (exact) mass is 509 g/mol. The summed E-state index contributed by atoms with van der Waals surface area (Å²) in [5.41, 5.74) is -0.518. The molecule has 0 spiro atoms. The van der Waals surface area contributed by atoms with Crippen LogP contribution in [0.2, 0.25) is 10.0 Å². The number of urea groups is 1. The zero-order valence-electron chi connectivity index (χ0n) is 16.7. The summed E-state index contributed by atoms with van der Waals surface area (Å²) in [4.78, 5) is 17.3. The second-order valence-electron chi connectivity index (χ2n) is 7.05. The Kier molecular flexibility index (Phi) is 6.38. The Balaban J connectivity index is 1.96. The van der Waals surface area contributed by atoms with Gasteiger partial charge in [0.15, 0.2) is 9.84 Å². The lowest BCUT2D eigenvalue weighted by Gasteiger charge is -2.24. The smallest absolute Gasteiger partial charge is 0.327 e. The first-order chi connectivity index (χ1) is 15.7. The Bertz CT molecular complexity index is 1370. The van der Waals surface area contributed by atoms with E-state index in [9.17, 15) is 22.0 Å². The average molecular weight is 510 g/mol. The van der Waals surface area contributed by atoms with E-state index in [4.69, 9.17) is 23.2 Å². The number of benzene rings is 2. The molecule has 0 saturated heterocycles. The molecule has 0 saturated carbocycles. The predicted octanol–water partition coefficient (Wildman–Crippen LogP) is 5.27. The summed E-state index contributed by atoms with van der Waals surface area (Å²) >= 11 is 12.2. The number of anilines is 1. The number of nitrogens with one attached hydrogen (secondary N) is 1. The van der Waals surface area contributed by atoms with E-state index in [0.29, 0.717) is 11.6 Å². The molecule has 1 aliphatic rings. The van der Waals surface area contributed by atoms with Gasteiger partial charge in [0.1, 0.15) is 22.7 Å². The number of aromatic nitrogens is 1. The van der Waals surface area contributed by atoms with Gasteiger partial charge in [0.05, 0.1) is 9.92 Å². The maximum atomic E-state index is 14.9. The van der Waals surface area contributed by atoms with Gasteiger partial charge in [-0.15, -0.1) is 0 Å². The van der Waals surface area contributed by atoms with E-state index in [0.717, 1.165) is 29.3 Å². The first kappa shape index (κ1) is 23.2. The number of halogens is 4. The van der Waals surface area contributed by atoms with Gasteiger partial charge in [-0.05, 0) is 60.2 Å². The molecule has 2 aromatic carbocycles. The van der Waals surface area contributed by atoms with Crippen LogP contribution in [0.4, 0.5) is 19.4 Å². The number of carbonyl (C=O) groups excluding carboxylic acids is 1. The summed E-state index contributed by atoms with van der Waals surface area (Å²) in [6.45, 7) is 0.317. The number of hydrogen-bond donors (Lipinski definition) is 1. The molecule has 0 bridgehead atoms. The van der Waals surface area contributed by atoms with Crippen LogP contribution in [-0.4, -0.2) is 26.0 Å². The van der Waals surface area contributed by atoms with Gasteiger partial charge in [-0.2, -0.15) is 0 Å². The summed E-state index contributed by atoms with van der Waals surface area (Å²) in [6.07, 6.45) is 4.28. The molecule has 170 valence electrons. The van der Waals surface area contributed by atoms with Crippen LogP contribution in [0.25, 0.3) is 0 Å². The SMILES string of the molecule is O=C1NCC=CN1c1cc(C(c2cc(F)ccc2F)S(=O)(=O)c2ccc(Cl)cc2)c(Cl)cn1. The average Bonchev–Trinajstić information content (AvgIpc) is 2.78. The molecule has 33 heavy (non-hydrogen) atoms. The summed E-state index contributed by atoms with van der Waals surface area (Å²) in [6, 6.07) is 8.56. The van der Waals surface area contributed by atoms with Crippen molar-refractivity contribution in [1.82, 2.24) is 10.3 Å². The van der Waals surface area contributed by atoms with Crippen molar-refractivity contribution in [2.75, 3.05) is 11.4 Å². The number of carbonyl (C=O) groups is 1. The van der Waals surface area contributed by atoms with Gasteiger partial charge < -0.3 is 5.32 Å². The highest BCUT2D eigenvalue weighted by atomic mass is 35.5. The van der Waals surface area contributed by atoms with Crippen molar-refractivity contribution in [2.45, 2.75) is 10.1 Å². The highest BCUT2D eigenvalue weighted by Crippen LogP contribution is 2.41. The molecule has 4 rings (SSSR count). The van der Waals surface area contributed by atoms with Crippen molar-refractivity contribution in [3.63, 3.8) is 0 Å². The normalized spacial score (nSPS) is 14.8. The number of sulfone groups is 1. The molecule has 1 N–H and O–H groups in total. The summed E-state index contributed by atoms with van der Waals surface area (Å²) < 4.78 is 56.4. The van der Waals surface area contributed by atoms with Gasteiger partial charge in [0.2, 0.25) is 0 Å². The topological polar surface area (TPSA) is 79.4 Å². The maximum absolute atomic E-state index is 14.9. The first-order valence-electron chi connectivity index (χ1n) is 9.52. The molecule has 1 aromatic heterocycles. The third-order valence-electron chi connectivity index (χ3n) is 4.94. The van der Waals surface area contributed by atoms with Gasteiger partial charge in [-0.25, -0.2) is 27.0 Å². The van der Waals surface area contributed by atoms with Crippen LogP contribution in [-0.2, 0) is 9.84 Å². The van der Waals surface area contributed by atoms with Crippen LogP contribution in [0, 0.1) is 11.6 Å². The lowest BCUT2D eigenvalue weighted by atomic mass is 10.0. The fourth-order valence-corrected chi connectivity index (χ4v) is 5.63. The molecule has 2 amide bonds. The van der Waals surface area contributed by atoms with Crippen LogP contribution >= 0.6 is 23.2 Å². The van der Waals surface area contributed by atoms with Crippen LogP contribution in [0.3, 0.4) is 0 Å². The van der Waals surface area contributed by atoms with Crippen molar-refractivity contribution in [2.24, 2.45) is 0 Å². The third-order valence-corrected chi connectivity index (χ3v) is 7.56. The van der Waals surface area contributed by atoms with E-state index in [-0.39, 0.29) is 21.3 Å². The van der Waals surface area contributed by atoms with E-state index in [1.807, 2.05) is 0 Å². The highest BCUT2D eigenvalue weighted by Gasteiger charge is 2.35. The van der Waals surface area contributed by atoms with Crippen molar-refractivity contribution >= 4 is 44.9 Å². The van der Waals surface area contributed by atoms with Crippen LogP contribution in [0.1, 0.15) is 16.4 Å². The van der Waals surface area contributed by atoms with Crippen LogP contribution in [0.15, 0.2) is 71.9 Å². The Hall–Kier alpha value is -3.01. The van der Waals surface area contributed by atoms with Gasteiger partial charge in [-0.3, -0.25) is 4.90 Å². The second-order valence-corrected chi connectivity index (χ2v) is 9.93. The molecule has 1 unspecified atom stereocenters. The zero-order valence-corrected chi connectivity index (χ0v) is 19.0. The number of rotatable bonds is 5. The van der Waals surface area contributed by atoms with Crippen LogP contribution < -0.4 is 10.2 Å². The Morgan fingerprint density at radius 1 is 1.03 bits per heavy atom. The molecule has 0 fully saturated rings. The summed E-state index contributed by atoms with van der Waals surface area (Å²) in [5, 5.41) is 1.05. The minimum atomic E-state index is -4.36. The lowest BCUT2D eigenvalue weighted by molar-refractivity contribution is 0.248. The van der Waals surface area contributed by atoms with E-state index < -0.39 is 38.3 Å². The molecule has 3 aromatic rings. The van der Waals surface area contributed by atoms with Gasteiger partial charge in [-0.1, -0.05) is 23.2 Å². The van der Waals surface area contributed by atoms with Crippen molar-refractivity contribution in [1.29, 1.82) is 0 Å². The van der Waals surface area contributed by atoms with Crippen molar-refractivity contribution in [3.05, 3.63) is 99.8 Å². The fraction of sp³-hybridized carbons (Fsp3) is 0.0909. The molecular weight excluding hydrogens is 495 g/mol. The molecule has 0 aliphatic carbocycles. The molecule has 11 heteroatoms. The minimum absolute atomic E-state index is 0.0518. The zero-order chi connectivity index (χ0) is 23.8. The Labute approximate surface area is 198 Å². The Morgan fingerprint density at radius 3 is 2.45 bits per heavy atom. The molecule has 1 atom stereocenters. The Morgan fingerprint density at radius 2 is 1.76 bits per heavy atom. The van der Waals surface area contributed by atoms with E-state index >= 15 is 0 Å². The first-order valence-corrected chi connectivity index (χ1v) is 11.8. The molecule has 2 heterocycles. The number of pyridine rings is 1. The van der Waals surface area contributed by atoms with E-state index in [1.165, 1.54) is 36.5 Å². The molecular formula is C22H15Cl2F2N3O3S. The standard InChI is InChI=1S/C22H15Cl2F2N3O3S/c23-13-2-5-15(6-3-13)33(31,32)21(17-10-14(25)4-7-19(17)26)16-11-20(28-12-18(16)24)29-9-1-8-27-22(29)30/h1-7,9-12,21H,8H2,(H,27,30). The van der Waals surface area contributed by atoms with E-state index in [1.54, 1.807) is 6.08 Å². The number of hydrogen-bond acceptors (Lipinski definition) is 4. The molecule has 0 radical (unpaired) electrons. The number of nitrogens with zero attached hydrogens (tertiary/aromatic N) is 2. The van der Waals surface area contributed by atoms with Gasteiger partial charge in [0, 0.05) is 29.5 Å². The van der Waals surface area contributed by atoms with Gasteiger partial charge >= 0.3 is 6.03 Å². The second kappa shape index (κ2) is 9.09. The maximum Gasteiger partial charge on any atom is 0.327 e. The largest absolute Gasteiger partial charge is 0.334 e. The number of amides is 2. The van der Waals surface area contributed by atoms with Crippen molar-refractivity contribution < 1.29 is 22.0 Å². The van der Waals surface area contributed by atoms with E-state index in [2.05, 4.69) is 10.3 Å². The van der Waals surface area contributed by atoms with Gasteiger partial charge in [0.25, 0.3) is 0 Å². The highest BCUT2D eigenvalue weighted by molar-refractivity contribution is 7.92. The molecule has 6 nitrogen and oxygen atoms in total. The van der Waals surface area contributed by atoms with Crippen molar-refractivity contribution in [3.8, 4) is 0 Å². The summed E-state index contributed by atoms with van der Waals surface area (Å²) in [7, 11) is -4.36. The fourth-order valence-electron chi connectivity index (χ4n) is 3.39. The lowest BCUT2D eigenvalue weighted by Crippen LogP contribution is -2.40.